The highest BCUT2D eigenvalue weighted by Crippen LogP contribution is 2.24. The molecular formula is C16H23BrN4. The van der Waals surface area contributed by atoms with Crippen LogP contribution in [0, 0.1) is 0 Å². The summed E-state index contributed by atoms with van der Waals surface area (Å²) in [6.07, 6.45) is 0.941. The molecule has 1 N–H and O–H groups in total. The molecule has 0 aliphatic rings. The van der Waals surface area contributed by atoms with Gasteiger partial charge in [0.05, 0.1) is 22.4 Å². The number of nitrogens with zero attached hydrogens (tertiary/aromatic N) is 3. The Kier molecular flexibility index (Phi) is 5.28. The lowest BCUT2D eigenvalue weighted by molar-refractivity contribution is 0.619. The quantitative estimate of drug-likeness (QED) is 0.857. The number of hydrogen-bond donors (Lipinski definition) is 1. The van der Waals surface area contributed by atoms with Gasteiger partial charge >= 0.3 is 0 Å². The third-order valence-corrected chi connectivity index (χ3v) is 4.43. The lowest BCUT2D eigenvalue weighted by atomic mass is 10.2. The average molecular weight is 351 g/mol. The van der Waals surface area contributed by atoms with Gasteiger partial charge in [-0.15, -0.1) is 0 Å². The van der Waals surface area contributed by atoms with E-state index in [4.69, 9.17) is 0 Å². The summed E-state index contributed by atoms with van der Waals surface area (Å²) in [5.41, 5.74) is 4.63. The molecule has 0 amide bonds. The van der Waals surface area contributed by atoms with Crippen molar-refractivity contribution >= 4 is 27.3 Å². The van der Waals surface area contributed by atoms with Crippen LogP contribution in [-0.2, 0) is 19.5 Å². The molecule has 0 fully saturated rings. The number of rotatable bonds is 6. The fourth-order valence-electron chi connectivity index (χ4n) is 2.27. The van der Waals surface area contributed by atoms with E-state index in [1.165, 1.54) is 11.4 Å². The molecule has 114 valence electrons. The van der Waals surface area contributed by atoms with Crippen molar-refractivity contribution in [3.05, 3.63) is 40.1 Å². The molecule has 5 heteroatoms. The zero-order chi connectivity index (χ0) is 15.4. The Balaban J connectivity index is 2.16. The molecule has 0 aliphatic carbocycles. The van der Waals surface area contributed by atoms with Crippen LogP contribution in [0.1, 0.15) is 25.2 Å². The summed E-state index contributed by atoms with van der Waals surface area (Å²) in [6, 6.07) is 8.42. The van der Waals surface area contributed by atoms with E-state index in [0.717, 1.165) is 35.4 Å². The highest BCUT2D eigenvalue weighted by atomic mass is 79.9. The minimum absolute atomic E-state index is 0.762. The van der Waals surface area contributed by atoms with Gasteiger partial charge in [-0.25, -0.2) is 0 Å². The van der Waals surface area contributed by atoms with Gasteiger partial charge in [-0.3, -0.25) is 4.68 Å². The molecule has 0 aliphatic heterocycles. The van der Waals surface area contributed by atoms with Gasteiger partial charge < -0.3 is 10.2 Å². The van der Waals surface area contributed by atoms with E-state index < -0.39 is 0 Å². The van der Waals surface area contributed by atoms with Crippen molar-refractivity contribution in [1.29, 1.82) is 0 Å². The van der Waals surface area contributed by atoms with Gasteiger partial charge in [-0.2, -0.15) is 5.10 Å². The van der Waals surface area contributed by atoms with Crippen LogP contribution in [0.5, 0.6) is 0 Å². The van der Waals surface area contributed by atoms with Crippen molar-refractivity contribution < 1.29 is 0 Å². The molecule has 2 aromatic rings. The maximum absolute atomic E-state index is 4.63. The van der Waals surface area contributed by atoms with Gasteiger partial charge in [0.2, 0.25) is 0 Å². The van der Waals surface area contributed by atoms with Crippen LogP contribution in [0.2, 0.25) is 0 Å². The Morgan fingerprint density at radius 2 is 2.05 bits per heavy atom. The number of benzene rings is 1. The largest absolute Gasteiger partial charge is 0.379 e. The molecule has 0 radical (unpaired) electrons. The van der Waals surface area contributed by atoms with Crippen molar-refractivity contribution in [1.82, 2.24) is 9.78 Å². The maximum atomic E-state index is 4.63. The Hall–Kier alpha value is -1.49. The molecule has 1 aromatic carbocycles. The Morgan fingerprint density at radius 1 is 1.29 bits per heavy atom. The molecule has 0 saturated carbocycles. The summed E-state index contributed by atoms with van der Waals surface area (Å²) in [5.74, 6) is 0. The lowest BCUT2D eigenvalue weighted by Gasteiger charge is -2.15. The van der Waals surface area contributed by atoms with Crippen LogP contribution < -0.4 is 10.2 Å². The summed E-state index contributed by atoms with van der Waals surface area (Å²) in [4.78, 5) is 2.10. The minimum Gasteiger partial charge on any atom is -0.379 e. The molecule has 4 nitrogen and oxygen atoms in total. The summed E-state index contributed by atoms with van der Waals surface area (Å²) in [7, 11) is 4.10. The van der Waals surface area contributed by atoms with Crippen LogP contribution in [0.15, 0.2) is 28.7 Å². The van der Waals surface area contributed by atoms with Crippen LogP contribution in [0.25, 0.3) is 0 Å². The first-order valence-corrected chi connectivity index (χ1v) is 8.11. The van der Waals surface area contributed by atoms with E-state index in [1.807, 2.05) is 0 Å². The van der Waals surface area contributed by atoms with Crippen LogP contribution in [0.4, 0.5) is 11.4 Å². The van der Waals surface area contributed by atoms with E-state index in [2.05, 4.69) is 88.1 Å². The van der Waals surface area contributed by atoms with E-state index in [9.17, 15) is 0 Å². The molecule has 0 spiro atoms. The Bertz CT molecular complexity index is 604. The second-order valence-corrected chi connectivity index (χ2v) is 5.97. The Labute approximate surface area is 135 Å². The SMILES string of the molecule is CCc1nn(CC)c(CNc2cccc(N(C)C)c2)c1Br. The zero-order valence-corrected chi connectivity index (χ0v) is 14.7. The number of halogens is 1. The molecule has 0 unspecified atom stereocenters. The van der Waals surface area contributed by atoms with Gasteiger partial charge in [-0.1, -0.05) is 13.0 Å². The number of anilines is 2. The van der Waals surface area contributed by atoms with Crippen molar-refractivity contribution in [2.45, 2.75) is 33.4 Å². The maximum Gasteiger partial charge on any atom is 0.0767 e. The van der Waals surface area contributed by atoms with Crippen LogP contribution in [0.3, 0.4) is 0 Å². The van der Waals surface area contributed by atoms with E-state index in [1.54, 1.807) is 0 Å². The van der Waals surface area contributed by atoms with E-state index >= 15 is 0 Å². The lowest BCUT2D eigenvalue weighted by Crippen LogP contribution is -2.10. The first-order chi connectivity index (χ1) is 10.1. The van der Waals surface area contributed by atoms with Crippen LogP contribution in [-0.4, -0.2) is 23.9 Å². The topological polar surface area (TPSA) is 33.1 Å². The molecule has 1 aromatic heterocycles. The summed E-state index contributed by atoms with van der Waals surface area (Å²) in [5, 5.41) is 8.12. The summed E-state index contributed by atoms with van der Waals surface area (Å²) < 4.78 is 3.19. The van der Waals surface area contributed by atoms with Gasteiger partial charge in [-0.05, 0) is 47.5 Å². The fraction of sp³-hybridized carbons (Fsp3) is 0.438. The second kappa shape index (κ2) is 6.98. The van der Waals surface area contributed by atoms with Crippen molar-refractivity contribution in [3.8, 4) is 0 Å². The van der Waals surface area contributed by atoms with Gasteiger partial charge in [0.1, 0.15) is 0 Å². The van der Waals surface area contributed by atoms with Gasteiger partial charge in [0.15, 0.2) is 0 Å². The monoisotopic (exact) mass is 350 g/mol. The summed E-state index contributed by atoms with van der Waals surface area (Å²) >= 11 is 3.68. The molecule has 2 rings (SSSR count). The predicted molar refractivity (Wildman–Crippen MR) is 93.1 cm³/mol. The van der Waals surface area contributed by atoms with E-state index in [-0.39, 0.29) is 0 Å². The molecule has 0 bridgehead atoms. The standard InChI is InChI=1S/C16H23BrN4/c1-5-14-16(17)15(21(6-2)19-14)11-18-12-8-7-9-13(10-12)20(3)4/h7-10,18H,5-6,11H2,1-4H3. The molecule has 21 heavy (non-hydrogen) atoms. The van der Waals surface area contributed by atoms with E-state index in [0.29, 0.717) is 0 Å². The highest BCUT2D eigenvalue weighted by Gasteiger charge is 2.13. The molecule has 1 heterocycles. The summed E-state index contributed by atoms with van der Waals surface area (Å²) in [6.45, 7) is 5.89. The third kappa shape index (κ3) is 3.59. The Morgan fingerprint density at radius 3 is 2.67 bits per heavy atom. The number of hydrogen-bond acceptors (Lipinski definition) is 3. The molecule has 0 saturated heterocycles. The van der Waals surface area contributed by atoms with Crippen molar-refractivity contribution in [2.24, 2.45) is 0 Å². The third-order valence-electron chi connectivity index (χ3n) is 3.52. The molecular weight excluding hydrogens is 328 g/mol. The number of nitrogens with one attached hydrogen (secondary N) is 1. The second-order valence-electron chi connectivity index (χ2n) is 5.17. The van der Waals surface area contributed by atoms with Crippen molar-refractivity contribution in [3.63, 3.8) is 0 Å². The fourth-order valence-corrected chi connectivity index (χ4v) is 2.97. The normalized spacial score (nSPS) is 10.7. The first kappa shape index (κ1) is 15.9. The molecule has 0 atom stereocenters. The van der Waals surface area contributed by atoms with Crippen molar-refractivity contribution in [2.75, 3.05) is 24.3 Å². The highest BCUT2D eigenvalue weighted by molar-refractivity contribution is 9.10. The van der Waals surface area contributed by atoms with Gasteiger partial charge in [0.25, 0.3) is 0 Å². The number of aromatic nitrogens is 2. The predicted octanol–water partition coefficient (Wildman–Crippen LogP) is 3.91. The first-order valence-electron chi connectivity index (χ1n) is 7.32. The minimum atomic E-state index is 0.762. The number of aryl methyl sites for hydroxylation is 2. The average Bonchev–Trinajstić information content (AvgIpc) is 2.81. The smallest absolute Gasteiger partial charge is 0.0767 e. The van der Waals surface area contributed by atoms with Crippen LogP contribution >= 0.6 is 15.9 Å². The van der Waals surface area contributed by atoms with Gasteiger partial charge in [0, 0.05) is 32.0 Å². The zero-order valence-electron chi connectivity index (χ0n) is 13.2.